The SMILES string of the molecule is CC(C)(C)OC(=O)N1CCC(COc2ccc(C(=O)O)cn2)C1. The first kappa shape index (κ1) is 17.1. The van der Waals surface area contributed by atoms with E-state index < -0.39 is 11.6 Å². The first-order chi connectivity index (χ1) is 10.7. The van der Waals surface area contributed by atoms with Crippen molar-refractivity contribution in [2.45, 2.75) is 32.8 Å². The van der Waals surface area contributed by atoms with Gasteiger partial charge in [-0.25, -0.2) is 14.6 Å². The third kappa shape index (κ3) is 5.12. The maximum atomic E-state index is 12.0. The lowest BCUT2D eigenvalue weighted by atomic mass is 10.1. The Labute approximate surface area is 135 Å². The van der Waals surface area contributed by atoms with E-state index in [4.69, 9.17) is 14.6 Å². The minimum Gasteiger partial charge on any atom is -0.478 e. The summed E-state index contributed by atoms with van der Waals surface area (Å²) in [6, 6.07) is 2.98. The number of aromatic carboxylic acids is 1. The van der Waals surface area contributed by atoms with Crippen molar-refractivity contribution >= 4 is 12.1 Å². The van der Waals surface area contributed by atoms with E-state index in [0.717, 1.165) is 6.42 Å². The van der Waals surface area contributed by atoms with E-state index >= 15 is 0 Å². The zero-order chi connectivity index (χ0) is 17.0. The van der Waals surface area contributed by atoms with Crippen LogP contribution in [-0.2, 0) is 4.74 Å². The minimum atomic E-state index is -1.02. The third-order valence-corrected chi connectivity index (χ3v) is 3.39. The summed E-state index contributed by atoms with van der Waals surface area (Å²) in [5.41, 5.74) is -0.379. The molecule has 1 amide bonds. The molecule has 1 unspecified atom stereocenters. The van der Waals surface area contributed by atoms with Gasteiger partial charge in [0, 0.05) is 31.3 Å². The summed E-state index contributed by atoms with van der Waals surface area (Å²) in [5, 5.41) is 8.81. The Kier molecular flexibility index (Phi) is 5.08. The molecule has 2 rings (SSSR count). The molecule has 7 heteroatoms. The van der Waals surface area contributed by atoms with Gasteiger partial charge in [-0.05, 0) is 33.3 Å². The van der Waals surface area contributed by atoms with E-state index in [-0.39, 0.29) is 17.6 Å². The molecule has 23 heavy (non-hydrogen) atoms. The fourth-order valence-electron chi connectivity index (χ4n) is 2.26. The van der Waals surface area contributed by atoms with Gasteiger partial charge in [-0.15, -0.1) is 0 Å². The minimum absolute atomic E-state index is 0.120. The van der Waals surface area contributed by atoms with Crippen LogP contribution in [0.15, 0.2) is 18.3 Å². The van der Waals surface area contributed by atoms with Gasteiger partial charge in [0.15, 0.2) is 0 Å². The maximum Gasteiger partial charge on any atom is 0.410 e. The topological polar surface area (TPSA) is 89.0 Å². The van der Waals surface area contributed by atoms with Crippen LogP contribution >= 0.6 is 0 Å². The second-order valence-corrected chi connectivity index (χ2v) is 6.58. The molecule has 1 aromatic heterocycles. The van der Waals surface area contributed by atoms with Crippen LogP contribution in [0.25, 0.3) is 0 Å². The Morgan fingerprint density at radius 1 is 1.39 bits per heavy atom. The van der Waals surface area contributed by atoms with Gasteiger partial charge in [0.2, 0.25) is 5.88 Å². The first-order valence-electron chi connectivity index (χ1n) is 7.54. The largest absolute Gasteiger partial charge is 0.478 e. The number of amides is 1. The van der Waals surface area contributed by atoms with Crippen LogP contribution in [0.5, 0.6) is 5.88 Å². The van der Waals surface area contributed by atoms with E-state index in [0.29, 0.717) is 25.6 Å². The monoisotopic (exact) mass is 322 g/mol. The fourth-order valence-corrected chi connectivity index (χ4v) is 2.26. The number of carbonyl (C=O) groups excluding carboxylic acids is 1. The summed E-state index contributed by atoms with van der Waals surface area (Å²) in [5.74, 6) is -0.429. The van der Waals surface area contributed by atoms with Gasteiger partial charge < -0.3 is 19.5 Å². The van der Waals surface area contributed by atoms with Crippen LogP contribution in [0.1, 0.15) is 37.6 Å². The van der Waals surface area contributed by atoms with Gasteiger partial charge in [-0.3, -0.25) is 0 Å². The van der Waals surface area contributed by atoms with Gasteiger partial charge >= 0.3 is 12.1 Å². The summed E-state index contributed by atoms with van der Waals surface area (Å²) in [7, 11) is 0. The average Bonchev–Trinajstić information content (AvgIpc) is 2.93. The van der Waals surface area contributed by atoms with E-state index in [1.165, 1.54) is 18.3 Å². The third-order valence-electron chi connectivity index (χ3n) is 3.39. The predicted molar refractivity (Wildman–Crippen MR) is 82.6 cm³/mol. The Bertz CT molecular complexity index is 565. The Balaban J connectivity index is 1.79. The molecule has 7 nitrogen and oxygen atoms in total. The molecule has 0 bridgehead atoms. The second-order valence-electron chi connectivity index (χ2n) is 6.58. The zero-order valence-corrected chi connectivity index (χ0v) is 13.6. The molecule has 0 aliphatic carbocycles. The number of ether oxygens (including phenoxy) is 2. The fraction of sp³-hybridized carbons (Fsp3) is 0.562. The Morgan fingerprint density at radius 2 is 2.13 bits per heavy atom. The summed E-state index contributed by atoms with van der Waals surface area (Å²) in [4.78, 5) is 28.4. The van der Waals surface area contributed by atoms with Crippen LogP contribution in [0.2, 0.25) is 0 Å². The van der Waals surface area contributed by atoms with E-state index in [9.17, 15) is 9.59 Å². The molecule has 0 spiro atoms. The number of hydrogen-bond donors (Lipinski definition) is 1. The number of aromatic nitrogens is 1. The smallest absolute Gasteiger partial charge is 0.410 e. The Morgan fingerprint density at radius 3 is 2.70 bits per heavy atom. The highest BCUT2D eigenvalue weighted by atomic mass is 16.6. The molecule has 126 valence electrons. The molecule has 1 aromatic rings. The van der Waals surface area contributed by atoms with E-state index in [1.807, 2.05) is 20.8 Å². The number of hydrogen-bond acceptors (Lipinski definition) is 5. The summed E-state index contributed by atoms with van der Waals surface area (Å²) < 4.78 is 10.9. The van der Waals surface area contributed by atoms with Crippen molar-refractivity contribution in [1.82, 2.24) is 9.88 Å². The molecular formula is C16H22N2O5. The summed E-state index contributed by atoms with van der Waals surface area (Å²) in [6.45, 7) is 7.19. The predicted octanol–water partition coefficient (Wildman–Crippen LogP) is 2.42. The van der Waals surface area contributed by atoms with Crippen molar-refractivity contribution in [3.63, 3.8) is 0 Å². The number of carbonyl (C=O) groups is 2. The lowest BCUT2D eigenvalue weighted by Gasteiger charge is -2.24. The molecule has 0 aromatic carbocycles. The van der Waals surface area contributed by atoms with Crippen molar-refractivity contribution in [1.29, 1.82) is 0 Å². The lowest BCUT2D eigenvalue weighted by Crippen LogP contribution is -2.35. The molecule has 1 saturated heterocycles. The molecule has 1 atom stereocenters. The molecule has 0 radical (unpaired) electrons. The maximum absolute atomic E-state index is 12.0. The van der Waals surface area contributed by atoms with E-state index in [1.54, 1.807) is 4.90 Å². The first-order valence-corrected chi connectivity index (χ1v) is 7.54. The van der Waals surface area contributed by atoms with Crippen molar-refractivity contribution in [2.24, 2.45) is 5.92 Å². The quantitative estimate of drug-likeness (QED) is 0.915. The van der Waals surface area contributed by atoms with Crippen molar-refractivity contribution < 1.29 is 24.2 Å². The number of nitrogens with zero attached hydrogens (tertiary/aromatic N) is 2. The van der Waals surface area contributed by atoms with Crippen molar-refractivity contribution in [3.05, 3.63) is 23.9 Å². The summed E-state index contributed by atoms with van der Waals surface area (Å²) >= 11 is 0. The second kappa shape index (κ2) is 6.85. The van der Waals surface area contributed by atoms with Gasteiger partial charge in [-0.2, -0.15) is 0 Å². The van der Waals surface area contributed by atoms with Gasteiger partial charge in [0.05, 0.1) is 12.2 Å². The lowest BCUT2D eigenvalue weighted by molar-refractivity contribution is 0.0284. The van der Waals surface area contributed by atoms with Crippen LogP contribution < -0.4 is 4.74 Å². The highest BCUT2D eigenvalue weighted by Crippen LogP contribution is 2.20. The van der Waals surface area contributed by atoms with Crippen LogP contribution in [-0.4, -0.2) is 52.4 Å². The number of pyridine rings is 1. The highest BCUT2D eigenvalue weighted by molar-refractivity contribution is 5.87. The van der Waals surface area contributed by atoms with Crippen LogP contribution in [0, 0.1) is 5.92 Å². The molecule has 1 fully saturated rings. The number of likely N-dealkylation sites (tertiary alicyclic amines) is 1. The van der Waals surface area contributed by atoms with Crippen molar-refractivity contribution in [2.75, 3.05) is 19.7 Å². The molecular weight excluding hydrogens is 300 g/mol. The standard InChI is InChI=1S/C16H22N2O5/c1-16(2,3)23-15(21)18-7-6-11(9-18)10-22-13-5-4-12(8-17-13)14(19)20/h4-5,8,11H,6-7,9-10H2,1-3H3,(H,19,20). The number of carboxylic acid groups (broad SMARTS) is 1. The molecule has 1 aliphatic heterocycles. The molecule has 1 N–H and O–H groups in total. The molecule has 0 saturated carbocycles. The number of rotatable bonds is 4. The summed E-state index contributed by atoms with van der Waals surface area (Å²) in [6.07, 6.45) is 1.80. The van der Waals surface area contributed by atoms with Crippen molar-refractivity contribution in [3.8, 4) is 5.88 Å². The van der Waals surface area contributed by atoms with Gasteiger partial charge in [0.1, 0.15) is 5.60 Å². The van der Waals surface area contributed by atoms with Crippen LogP contribution in [0.4, 0.5) is 4.79 Å². The molecule has 2 heterocycles. The Hall–Kier alpha value is -2.31. The normalized spacial score (nSPS) is 17.9. The van der Waals surface area contributed by atoms with Gasteiger partial charge in [0.25, 0.3) is 0 Å². The average molecular weight is 322 g/mol. The highest BCUT2D eigenvalue weighted by Gasteiger charge is 2.30. The van der Waals surface area contributed by atoms with E-state index in [2.05, 4.69) is 4.98 Å². The zero-order valence-electron chi connectivity index (χ0n) is 13.6. The molecule has 1 aliphatic rings. The number of carboxylic acids is 1. The van der Waals surface area contributed by atoms with Gasteiger partial charge in [-0.1, -0.05) is 0 Å². The van der Waals surface area contributed by atoms with Crippen LogP contribution in [0.3, 0.4) is 0 Å².